The molecule has 1 fully saturated rings. The lowest BCUT2D eigenvalue weighted by molar-refractivity contribution is 0.198. The van der Waals surface area contributed by atoms with Gasteiger partial charge in [-0.3, -0.25) is 9.36 Å². The molecule has 0 bridgehead atoms. The number of hydrogen-bond donors (Lipinski definition) is 1. The van der Waals surface area contributed by atoms with Crippen LogP contribution in [0.15, 0.2) is 30.6 Å². The highest BCUT2D eigenvalue weighted by atomic mass is 19.1. The molecule has 7 heteroatoms. The zero-order chi connectivity index (χ0) is 19.0. The van der Waals surface area contributed by atoms with Gasteiger partial charge in [-0.25, -0.2) is 4.39 Å². The first-order chi connectivity index (χ1) is 13.0. The average Bonchev–Trinajstić information content (AvgIpc) is 3.21. The Balaban J connectivity index is 1.55. The van der Waals surface area contributed by atoms with Gasteiger partial charge in [-0.15, -0.1) is 5.10 Å². The summed E-state index contributed by atoms with van der Waals surface area (Å²) in [6.45, 7) is 2.59. The Kier molecular flexibility index (Phi) is 4.78. The third kappa shape index (κ3) is 4.24. The first-order valence-electron chi connectivity index (χ1n) is 9.34. The molecule has 1 aromatic carbocycles. The SMILES string of the molecule is CC(O)c1cc(F)ccc1Cc1nn(C)cc1Cc1cn(CC2CC2)nn1. The van der Waals surface area contributed by atoms with Crippen molar-refractivity contribution in [1.29, 1.82) is 0 Å². The summed E-state index contributed by atoms with van der Waals surface area (Å²) >= 11 is 0. The molecular weight excluding hydrogens is 345 g/mol. The number of nitrogens with zero attached hydrogens (tertiary/aromatic N) is 5. The van der Waals surface area contributed by atoms with E-state index in [9.17, 15) is 9.50 Å². The second-order valence-corrected chi connectivity index (χ2v) is 7.52. The Morgan fingerprint density at radius 3 is 2.78 bits per heavy atom. The van der Waals surface area contributed by atoms with Crippen molar-refractivity contribution in [2.45, 2.75) is 45.3 Å². The molecule has 0 aliphatic heterocycles. The number of aliphatic hydroxyl groups excluding tert-OH is 1. The van der Waals surface area contributed by atoms with Gasteiger partial charge in [0.25, 0.3) is 0 Å². The van der Waals surface area contributed by atoms with Crippen LogP contribution in [0.1, 0.15) is 53.9 Å². The molecule has 2 heterocycles. The van der Waals surface area contributed by atoms with Gasteiger partial charge in [0, 0.05) is 38.8 Å². The van der Waals surface area contributed by atoms with Crippen LogP contribution in [0.25, 0.3) is 0 Å². The zero-order valence-electron chi connectivity index (χ0n) is 15.6. The van der Waals surface area contributed by atoms with E-state index in [4.69, 9.17) is 0 Å². The van der Waals surface area contributed by atoms with Gasteiger partial charge in [-0.05, 0) is 54.5 Å². The van der Waals surface area contributed by atoms with Crippen molar-refractivity contribution in [3.05, 3.63) is 64.5 Å². The lowest BCUT2D eigenvalue weighted by Gasteiger charge is -2.12. The van der Waals surface area contributed by atoms with Gasteiger partial charge in [0.15, 0.2) is 0 Å². The molecule has 4 rings (SSSR count). The van der Waals surface area contributed by atoms with Crippen molar-refractivity contribution in [2.24, 2.45) is 13.0 Å². The van der Waals surface area contributed by atoms with Crippen LogP contribution in [0, 0.1) is 11.7 Å². The fourth-order valence-electron chi connectivity index (χ4n) is 3.45. The quantitative estimate of drug-likeness (QED) is 0.695. The summed E-state index contributed by atoms with van der Waals surface area (Å²) < 4.78 is 17.3. The molecule has 0 radical (unpaired) electrons. The van der Waals surface area contributed by atoms with Crippen LogP contribution in [-0.2, 0) is 26.4 Å². The van der Waals surface area contributed by atoms with Crippen LogP contribution in [0.3, 0.4) is 0 Å². The number of aromatic nitrogens is 5. The van der Waals surface area contributed by atoms with Gasteiger partial charge >= 0.3 is 0 Å². The Morgan fingerprint density at radius 2 is 2.04 bits per heavy atom. The van der Waals surface area contributed by atoms with E-state index in [1.807, 2.05) is 24.1 Å². The number of aryl methyl sites for hydroxylation is 1. The minimum Gasteiger partial charge on any atom is -0.389 e. The molecule has 1 saturated carbocycles. The van der Waals surface area contributed by atoms with Gasteiger partial charge in [0.2, 0.25) is 0 Å². The average molecular weight is 369 g/mol. The number of halogens is 1. The Labute approximate surface area is 157 Å². The van der Waals surface area contributed by atoms with E-state index < -0.39 is 6.10 Å². The standard InChI is InChI=1S/C20H24FN5O/c1-13(27)19-9-17(21)6-5-15(19)8-20-16(11-25(2)23-20)7-18-12-26(24-22-18)10-14-3-4-14/h5-6,9,11-14,27H,3-4,7-8,10H2,1-2H3. The van der Waals surface area contributed by atoms with E-state index in [0.29, 0.717) is 18.4 Å². The number of aliphatic hydroxyl groups is 1. The Morgan fingerprint density at radius 1 is 1.22 bits per heavy atom. The summed E-state index contributed by atoms with van der Waals surface area (Å²) in [5.41, 5.74) is 4.37. The molecule has 3 aromatic rings. The third-order valence-corrected chi connectivity index (χ3v) is 5.01. The molecule has 0 saturated heterocycles. The molecule has 1 atom stereocenters. The lowest BCUT2D eigenvalue weighted by atomic mass is 9.97. The second-order valence-electron chi connectivity index (χ2n) is 7.52. The van der Waals surface area contributed by atoms with E-state index in [1.54, 1.807) is 17.7 Å². The number of hydrogen-bond acceptors (Lipinski definition) is 4. The van der Waals surface area contributed by atoms with E-state index in [1.165, 1.54) is 25.0 Å². The van der Waals surface area contributed by atoms with Crippen LogP contribution < -0.4 is 0 Å². The molecule has 1 aliphatic rings. The van der Waals surface area contributed by atoms with Crippen molar-refractivity contribution < 1.29 is 9.50 Å². The summed E-state index contributed by atoms with van der Waals surface area (Å²) in [6.07, 6.45) is 7.02. The van der Waals surface area contributed by atoms with Crippen molar-refractivity contribution >= 4 is 0 Å². The summed E-state index contributed by atoms with van der Waals surface area (Å²) in [6, 6.07) is 4.54. The second kappa shape index (κ2) is 7.23. The number of rotatable bonds is 7. The maximum absolute atomic E-state index is 13.6. The number of benzene rings is 1. The van der Waals surface area contributed by atoms with Crippen LogP contribution in [0.4, 0.5) is 4.39 Å². The molecule has 0 spiro atoms. The molecule has 1 unspecified atom stereocenters. The topological polar surface area (TPSA) is 68.8 Å². The first-order valence-corrected chi connectivity index (χ1v) is 9.34. The fraction of sp³-hybridized carbons (Fsp3) is 0.450. The summed E-state index contributed by atoms with van der Waals surface area (Å²) in [4.78, 5) is 0. The maximum Gasteiger partial charge on any atom is 0.123 e. The first kappa shape index (κ1) is 17.9. The highest BCUT2D eigenvalue weighted by molar-refractivity contribution is 5.35. The van der Waals surface area contributed by atoms with E-state index in [2.05, 4.69) is 15.4 Å². The van der Waals surface area contributed by atoms with Crippen molar-refractivity contribution in [1.82, 2.24) is 24.8 Å². The Hall–Kier alpha value is -2.54. The molecule has 0 amide bonds. The molecule has 142 valence electrons. The Bertz CT molecular complexity index is 942. The predicted molar refractivity (Wildman–Crippen MR) is 98.6 cm³/mol. The summed E-state index contributed by atoms with van der Waals surface area (Å²) in [7, 11) is 1.89. The van der Waals surface area contributed by atoms with Gasteiger partial charge < -0.3 is 5.11 Å². The van der Waals surface area contributed by atoms with Crippen molar-refractivity contribution in [3.63, 3.8) is 0 Å². The van der Waals surface area contributed by atoms with Gasteiger partial charge in [0.1, 0.15) is 5.82 Å². The van der Waals surface area contributed by atoms with E-state index in [-0.39, 0.29) is 5.82 Å². The van der Waals surface area contributed by atoms with Crippen LogP contribution in [-0.4, -0.2) is 29.9 Å². The smallest absolute Gasteiger partial charge is 0.123 e. The van der Waals surface area contributed by atoms with Crippen LogP contribution in [0.5, 0.6) is 0 Å². The molecule has 2 aromatic heterocycles. The normalized spacial score (nSPS) is 15.3. The summed E-state index contributed by atoms with van der Waals surface area (Å²) in [5.74, 6) is 0.411. The van der Waals surface area contributed by atoms with Gasteiger partial charge in [-0.2, -0.15) is 5.10 Å². The minimum atomic E-state index is -0.731. The minimum absolute atomic E-state index is 0.344. The van der Waals surface area contributed by atoms with E-state index in [0.717, 1.165) is 35.0 Å². The van der Waals surface area contributed by atoms with Crippen molar-refractivity contribution in [3.8, 4) is 0 Å². The lowest BCUT2D eigenvalue weighted by Crippen LogP contribution is -2.03. The predicted octanol–water partition coefficient (Wildman–Crippen LogP) is 2.80. The van der Waals surface area contributed by atoms with Crippen molar-refractivity contribution in [2.75, 3.05) is 0 Å². The molecule has 6 nitrogen and oxygen atoms in total. The van der Waals surface area contributed by atoms with Crippen LogP contribution >= 0.6 is 0 Å². The maximum atomic E-state index is 13.6. The zero-order valence-corrected chi connectivity index (χ0v) is 15.6. The largest absolute Gasteiger partial charge is 0.389 e. The highest BCUT2D eigenvalue weighted by Gasteiger charge is 2.22. The monoisotopic (exact) mass is 369 g/mol. The summed E-state index contributed by atoms with van der Waals surface area (Å²) in [5, 5.41) is 23.1. The molecule has 27 heavy (non-hydrogen) atoms. The van der Waals surface area contributed by atoms with Gasteiger partial charge in [0.05, 0.1) is 17.5 Å². The van der Waals surface area contributed by atoms with Crippen LogP contribution in [0.2, 0.25) is 0 Å². The van der Waals surface area contributed by atoms with Gasteiger partial charge in [-0.1, -0.05) is 11.3 Å². The third-order valence-electron chi connectivity index (χ3n) is 5.01. The molecule has 1 aliphatic carbocycles. The molecular formula is C20H24FN5O. The van der Waals surface area contributed by atoms with E-state index >= 15 is 0 Å². The highest BCUT2D eigenvalue weighted by Crippen LogP contribution is 2.30. The fourth-order valence-corrected chi connectivity index (χ4v) is 3.45. The molecule has 1 N–H and O–H groups in total.